The van der Waals surface area contributed by atoms with Crippen LogP contribution in [0.15, 0.2) is 280 Å². The van der Waals surface area contributed by atoms with Gasteiger partial charge in [0.15, 0.2) is 0 Å². The smallest absolute Gasteiger partial charge is 0.407 e. The van der Waals surface area contributed by atoms with E-state index in [-0.39, 0.29) is 32.1 Å². The fourth-order valence-corrected chi connectivity index (χ4v) is 12.9. The number of aromatic nitrogens is 2. The molecule has 11 rings (SSSR count). The third-order valence-corrected chi connectivity index (χ3v) is 16.7. The molecule has 0 fully saturated rings. The van der Waals surface area contributed by atoms with Gasteiger partial charge < -0.3 is 24.3 Å². The predicted octanol–water partition coefficient (Wildman–Crippen LogP) is 14.3. The van der Waals surface area contributed by atoms with Crippen molar-refractivity contribution >= 4 is 35.4 Å². The Morgan fingerprint density at radius 2 is 1.02 bits per heavy atom. The van der Waals surface area contributed by atoms with E-state index in [1.165, 1.54) is 6.08 Å². The summed E-state index contributed by atoms with van der Waals surface area (Å²) in [5.74, 6) is -0.686. The van der Waals surface area contributed by atoms with E-state index in [2.05, 4.69) is 150 Å². The molecule has 0 saturated carbocycles. The molecule has 9 nitrogen and oxygen atoms in total. The van der Waals surface area contributed by atoms with E-state index >= 15 is 4.79 Å². The lowest BCUT2D eigenvalue weighted by atomic mass is 9.77. The molecule has 1 aliphatic rings. The monoisotopic (exact) mass is 1080 g/mol. The summed E-state index contributed by atoms with van der Waals surface area (Å²) < 4.78 is 13.0. The lowest BCUT2D eigenvalue weighted by molar-refractivity contribution is -0.120. The molecule has 10 heteroatoms. The highest BCUT2D eigenvalue weighted by atomic mass is 32.2. The number of rotatable bonds is 21. The van der Waals surface area contributed by atoms with Crippen molar-refractivity contribution in [3.8, 4) is 11.1 Å². The van der Waals surface area contributed by atoms with Crippen LogP contribution in [0.2, 0.25) is 0 Å². The van der Waals surface area contributed by atoms with E-state index in [1.807, 2.05) is 110 Å². The van der Waals surface area contributed by atoms with Crippen molar-refractivity contribution in [3.05, 3.63) is 336 Å². The Morgan fingerprint density at radius 3 is 1.49 bits per heavy atom. The van der Waals surface area contributed by atoms with E-state index < -0.39 is 34.3 Å². The zero-order valence-corrected chi connectivity index (χ0v) is 45.5. The van der Waals surface area contributed by atoms with Crippen LogP contribution >= 0.6 is 11.8 Å². The summed E-state index contributed by atoms with van der Waals surface area (Å²) >= 11 is 1.72. The van der Waals surface area contributed by atoms with Gasteiger partial charge in [0.1, 0.15) is 24.8 Å². The number of ether oxygens (including phenoxy) is 2. The molecular weight excluding hydrogens is 1020 g/mol. The van der Waals surface area contributed by atoms with E-state index in [4.69, 9.17) is 14.5 Å². The van der Waals surface area contributed by atoms with Crippen LogP contribution in [0.4, 0.5) is 10.5 Å². The second kappa shape index (κ2) is 24.7. The number of imidazole rings is 1. The molecule has 0 radical (unpaired) electrons. The zero-order chi connectivity index (χ0) is 55.4. The fourth-order valence-electron chi connectivity index (χ4n) is 11.4. The predicted molar refractivity (Wildman–Crippen MR) is 323 cm³/mol. The van der Waals surface area contributed by atoms with Gasteiger partial charge in [0.25, 0.3) is 0 Å². The van der Waals surface area contributed by atoms with Crippen LogP contribution in [0.5, 0.6) is 0 Å². The Labute approximate surface area is 477 Å². The molecule has 1 N–H and O–H groups in total. The Kier molecular flexibility index (Phi) is 16.3. The van der Waals surface area contributed by atoms with Crippen LogP contribution < -0.4 is 10.2 Å². The third-order valence-electron chi connectivity index (χ3n) is 15.1. The number of carbonyl (C=O) groups is 3. The quantitative estimate of drug-likeness (QED) is 0.0434. The summed E-state index contributed by atoms with van der Waals surface area (Å²) in [5, 5.41) is 3.08. The molecule has 1 atom stereocenters. The number of carbonyl (C=O) groups excluding carboxylic acids is 3. The second-order valence-electron chi connectivity index (χ2n) is 19.9. The highest BCUT2D eigenvalue weighted by Crippen LogP contribution is 2.49. The Balaban J connectivity index is 0.986. The standard InChI is InChI=1S/C71H60N4O5S/c1-2-46-79-68(77)52-41-43-60(44-42-52)75(45-47-81-71(56-31-15-6-16-32-56,57-33-17-7-18-34-57)58-35-19-8-20-36-58)67(76)66(73-69(78)80-50-65-63-39-23-21-37-61(63)62-38-22-24-40-64(62)65)48-59-49-74(51-72-59)70(53-25-9-3-10-26-53,54-27-11-4-12-28-54)55-29-13-5-14-30-55/h2-44,49,51,65-66H,1,45-48,50H2,(H,73,78)/t66-/m0/s1. The van der Waals surface area contributed by atoms with Crippen molar-refractivity contribution in [2.75, 3.05) is 30.4 Å². The lowest BCUT2D eigenvalue weighted by Gasteiger charge is -2.37. The number of benzene rings is 9. The summed E-state index contributed by atoms with van der Waals surface area (Å²) in [4.78, 5) is 50.6. The third kappa shape index (κ3) is 11.0. The zero-order valence-electron chi connectivity index (χ0n) is 44.7. The molecule has 0 bridgehead atoms. The number of nitrogens with zero attached hydrogens (tertiary/aromatic N) is 3. The minimum atomic E-state index is -1.19. The van der Waals surface area contributed by atoms with Gasteiger partial charge >= 0.3 is 12.1 Å². The Hall–Kier alpha value is -9.51. The van der Waals surface area contributed by atoms with Crippen molar-refractivity contribution in [2.45, 2.75) is 28.7 Å². The van der Waals surface area contributed by atoms with Gasteiger partial charge in [0.2, 0.25) is 5.91 Å². The fraction of sp³-hybridized carbons (Fsp3) is 0.127. The van der Waals surface area contributed by atoms with E-state index in [9.17, 15) is 9.59 Å². The summed E-state index contributed by atoms with van der Waals surface area (Å²) in [6.45, 7) is 3.99. The largest absolute Gasteiger partial charge is 0.458 e. The number of hydrogen-bond donors (Lipinski definition) is 1. The number of nitrogens with one attached hydrogen (secondary N) is 1. The summed E-state index contributed by atoms with van der Waals surface area (Å²) in [7, 11) is 0. The molecule has 10 aromatic rings. The van der Waals surface area contributed by atoms with Crippen molar-refractivity contribution in [1.29, 1.82) is 0 Å². The molecule has 81 heavy (non-hydrogen) atoms. The first kappa shape index (κ1) is 53.5. The van der Waals surface area contributed by atoms with E-state index in [0.717, 1.165) is 55.6 Å². The normalized spacial score (nSPS) is 12.3. The minimum Gasteiger partial charge on any atom is -0.458 e. The van der Waals surface area contributed by atoms with Crippen LogP contribution in [-0.4, -0.2) is 59.1 Å². The van der Waals surface area contributed by atoms with Gasteiger partial charge in [-0.05, 0) is 79.9 Å². The molecule has 0 saturated heterocycles. The van der Waals surface area contributed by atoms with Gasteiger partial charge in [0, 0.05) is 36.5 Å². The summed E-state index contributed by atoms with van der Waals surface area (Å²) in [5.41, 5.74) is 11.1. The Bertz CT molecular complexity index is 3490. The molecule has 2 amide bonds. The number of alkyl carbamates (subject to hydrolysis) is 1. The molecule has 1 aliphatic carbocycles. The van der Waals surface area contributed by atoms with Crippen LogP contribution in [0.3, 0.4) is 0 Å². The van der Waals surface area contributed by atoms with Crippen LogP contribution in [0, 0.1) is 0 Å². The molecule has 0 aliphatic heterocycles. The summed E-state index contributed by atoms with van der Waals surface area (Å²) in [6.07, 6.45) is 4.56. The lowest BCUT2D eigenvalue weighted by Crippen LogP contribution is -2.51. The molecule has 1 aromatic heterocycles. The van der Waals surface area contributed by atoms with Gasteiger partial charge in [-0.25, -0.2) is 14.6 Å². The molecule has 400 valence electrons. The first-order valence-corrected chi connectivity index (χ1v) is 28.2. The van der Waals surface area contributed by atoms with Crippen LogP contribution in [-0.2, 0) is 31.0 Å². The average Bonchev–Trinajstić information content (AvgIpc) is 4.30. The number of fused-ring (bicyclic) bond motifs is 3. The van der Waals surface area contributed by atoms with Crippen molar-refractivity contribution in [3.63, 3.8) is 0 Å². The first-order chi connectivity index (χ1) is 39.9. The van der Waals surface area contributed by atoms with Crippen LogP contribution in [0.25, 0.3) is 11.1 Å². The number of thioether (sulfide) groups is 1. The highest BCUT2D eigenvalue weighted by Gasteiger charge is 2.41. The highest BCUT2D eigenvalue weighted by molar-refractivity contribution is 8.00. The second-order valence-corrected chi connectivity index (χ2v) is 21.2. The van der Waals surface area contributed by atoms with Gasteiger partial charge in [0.05, 0.1) is 22.3 Å². The molecular formula is C71H60N4O5S. The molecule has 1 heterocycles. The maximum absolute atomic E-state index is 16.1. The van der Waals surface area contributed by atoms with E-state index in [1.54, 1.807) is 40.9 Å². The maximum Gasteiger partial charge on any atom is 0.407 e. The number of esters is 1. The molecule has 0 unspecified atom stereocenters. The number of hydrogen-bond acceptors (Lipinski definition) is 7. The topological polar surface area (TPSA) is 103 Å². The molecule has 0 spiro atoms. The minimum absolute atomic E-state index is 0.00205. The van der Waals surface area contributed by atoms with Gasteiger partial charge in [-0.2, -0.15) is 0 Å². The van der Waals surface area contributed by atoms with Gasteiger partial charge in [-0.3, -0.25) is 4.79 Å². The van der Waals surface area contributed by atoms with Gasteiger partial charge in [-0.1, -0.05) is 243 Å². The summed E-state index contributed by atoms with van der Waals surface area (Å²) in [6, 6.07) is 84.2. The van der Waals surface area contributed by atoms with Gasteiger partial charge in [-0.15, -0.1) is 11.8 Å². The van der Waals surface area contributed by atoms with Crippen molar-refractivity contribution in [2.24, 2.45) is 0 Å². The van der Waals surface area contributed by atoms with Crippen molar-refractivity contribution < 1.29 is 23.9 Å². The first-order valence-electron chi connectivity index (χ1n) is 27.2. The SMILES string of the molecule is C=CCOC(=O)c1ccc(N(CCSC(c2ccccc2)(c2ccccc2)c2ccccc2)C(=O)[C@H](Cc2cn(C(c3ccccc3)(c3ccccc3)c3ccccc3)cn2)NC(=O)OCC2c3ccccc3-c3ccccc32)cc1. The van der Waals surface area contributed by atoms with Crippen molar-refractivity contribution in [1.82, 2.24) is 14.9 Å². The maximum atomic E-state index is 16.1. The van der Waals surface area contributed by atoms with Crippen LogP contribution in [0.1, 0.15) is 66.5 Å². The van der Waals surface area contributed by atoms with E-state index in [0.29, 0.717) is 22.7 Å². The number of amides is 2. The Morgan fingerprint density at radius 1 is 0.580 bits per heavy atom. The molecule has 9 aromatic carbocycles. The average molecular weight is 1080 g/mol. The number of anilines is 1.